The molecule has 0 unspecified atom stereocenters. The van der Waals surface area contributed by atoms with Crippen LogP contribution in [-0.2, 0) is 16.0 Å². The zero-order valence-electron chi connectivity index (χ0n) is 13.1. The first kappa shape index (κ1) is 14.8. The van der Waals surface area contributed by atoms with Crippen molar-refractivity contribution in [2.45, 2.75) is 6.42 Å². The van der Waals surface area contributed by atoms with E-state index in [1.54, 1.807) is 17.3 Å². The Kier molecular flexibility index (Phi) is 3.69. The van der Waals surface area contributed by atoms with E-state index in [9.17, 15) is 4.79 Å². The van der Waals surface area contributed by atoms with E-state index in [0.29, 0.717) is 37.9 Å². The number of ether oxygens (including phenoxy) is 1. The second-order valence-electron chi connectivity index (χ2n) is 5.65. The number of anilines is 3. The monoisotopic (exact) mass is 327 g/mol. The minimum atomic E-state index is 0.215. The first-order valence-corrected chi connectivity index (χ1v) is 7.79. The van der Waals surface area contributed by atoms with Crippen LogP contribution in [-0.4, -0.2) is 59.2 Å². The summed E-state index contributed by atoms with van der Waals surface area (Å²) in [6.45, 7) is 3.31. The lowest BCUT2D eigenvalue weighted by molar-refractivity contribution is -0.107. The van der Waals surface area contributed by atoms with Gasteiger partial charge in [-0.15, -0.1) is 0 Å². The zero-order chi connectivity index (χ0) is 16.5. The van der Waals surface area contributed by atoms with Gasteiger partial charge >= 0.3 is 0 Å². The maximum atomic E-state index is 11.3. The molecule has 2 aromatic heterocycles. The molecule has 1 saturated heterocycles. The van der Waals surface area contributed by atoms with Crippen LogP contribution >= 0.6 is 0 Å². The number of amides is 1. The van der Waals surface area contributed by atoms with E-state index < -0.39 is 0 Å². The molecule has 0 aliphatic carbocycles. The molecule has 2 aromatic rings. The smallest absolute Gasteiger partial charge is 0.228 e. The molecule has 4 rings (SSSR count). The molecular weight excluding hydrogens is 310 g/mol. The van der Waals surface area contributed by atoms with Crippen LogP contribution in [0.2, 0.25) is 0 Å². The number of hydrogen-bond donors (Lipinski definition) is 1. The lowest BCUT2D eigenvalue weighted by atomic mass is 10.1. The highest BCUT2D eigenvalue weighted by atomic mass is 16.5. The third kappa shape index (κ3) is 2.52. The van der Waals surface area contributed by atoms with Gasteiger partial charge in [-0.1, -0.05) is 0 Å². The van der Waals surface area contributed by atoms with Gasteiger partial charge in [-0.3, -0.25) is 9.69 Å². The SMILES string of the molecule is Nc1ncc(-c2nc(N3CCOCC3)nc3c2CCN3C=O)cn1. The van der Waals surface area contributed by atoms with Crippen molar-refractivity contribution in [1.29, 1.82) is 0 Å². The Balaban J connectivity index is 1.83. The number of morpholine rings is 1. The Hall–Kier alpha value is -2.81. The molecule has 0 saturated carbocycles. The summed E-state index contributed by atoms with van der Waals surface area (Å²) >= 11 is 0. The predicted molar refractivity (Wildman–Crippen MR) is 87.6 cm³/mol. The van der Waals surface area contributed by atoms with E-state index in [0.717, 1.165) is 36.3 Å². The summed E-state index contributed by atoms with van der Waals surface area (Å²) in [6.07, 6.45) is 4.82. The summed E-state index contributed by atoms with van der Waals surface area (Å²) in [5.74, 6) is 1.47. The van der Waals surface area contributed by atoms with Crippen LogP contribution in [0.1, 0.15) is 5.56 Å². The Morgan fingerprint density at radius 2 is 1.88 bits per heavy atom. The number of nitrogens with two attached hydrogens (primary N) is 1. The number of rotatable bonds is 3. The molecule has 0 spiro atoms. The molecule has 9 heteroatoms. The molecular formula is C15H17N7O2. The second-order valence-corrected chi connectivity index (χ2v) is 5.65. The van der Waals surface area contributed by atoms with Gasteiger partial charge in [-0.05, 0) is 6.42 Å². The van der Waals surface area contributed by atoms with E-state index in [1.807, 2.05) is 0 Å². The molecule has 9 nitrogen and oxygen atoms in total. The number of nitrogen functional groups attached to an aromatic ring is 1. The Morgan fingerprint density at radius 3 is 2.58 bits per heavy atom. The molecule has 1 amide bonds. The molecule has 2 aliphatic heterocycles. The number of carbonyl (C=O) groups is 1. The van der Waals surface area contributed by atoms with E-state index in [1.165, 1.54) is 0 Å². The number of nitrogens with zero attached hydrogens (tertiary/aromatic N) is 6. The van der Waals surface area contributed by atoms with Crippen LogP contribution in [0, 0.1) is 0 Å². The van der Waals surface area contributed by atoms with Crippen LogP contribution < -0.4 is 15.5 Å². The summed E-state index contributed by atoms with van der Waals surface area (Å²) in [6, 6.07) is 0. The van der Waals surface area contributed by atoms with Gasteiger partial charge in [-0.25, -0.2) is 15.0 Å². The van der Waals surface area contributed by atoms with Gasteiger partial charge in [0.1, 0.15) is 5.82 Å². The van der Waals surface area contributed by atoms with Crippen LogP contribution in [0.4, 0.5) is 17.7 Å². The maximum Gasteiger partial charge on any atom is 0.228 e. The van der Waals surface area contributed by atoms with Crippen molar-refractivity contribution in [3.63, 3.8) is 0 Å². The van der Waals surface area contributed by atoms with E-state index in [-0.39, 0.29) is 5.95 Å². The van der Waals surface area contributed by atoms with Crippen molar-refractivity contribution >= 4 is 24.1 Å². The highest BCUT2D eigenvalue weighted by Crippen LogP contribution is 2.34. The lowest BCUT2D eigenvalue weighted by Gasteiger charge is -2.27. The van der Waals surface area contributed by atoms with Crippen molar-refractivity contribution < 1.29 is 9.53 Å². The maximum absolute atomic E-state index is 11.3. The first-order valence-electron chi connectivity index (χ1n) is 7.79. The third-order valence-electron chi connectivity index (χ3n) is 4.21. The Morgan fingerprint density at radius 1 is 1.12 bits per heavy atom. The van der Waals surface area contributed by atoms with Gasteiger partial charge in [0.2, 0.25) is 18.3 Å². The Labute approximate surface area is 138 Å². The minimum Gasteiger partial charge on any atom is -0.378 e. The number of fused-ring (bicyclic) bond motifs is 1. The van der Waals surface area contributed by atoms with Gasteiger partial charge in [0, 0.05) is 43.2 Å². The van der Waals surface area contributed by atoms with Gasteiger partial charge < -0.3 is 15.4 Å². The van der Waals surface area contributed by atoms with Crippen molar-refractivity contribution in [3.8, 4) is 11.3 Å². The van der Waals surface area contributed by atoms with Gasteiger partial charge in [-0.2, -0.15) is 4.98 Å². The largest absolute Gasteiger partial charge is 0.378 e. The van der Waals surface area contributed by atoms with Crippen molar-refractivity contribution in [2.24, 2.45) is 0 Å². The van der Waals surface area contributed by atoms with Gasteiger partial charge in [0.15, 0.2) is 0 Å². The molecule has 0 aromatic carbocycles. The second kappa shape index (κ2) is 6.00. The van der Waals surface area contributed by atoms with Crippen LogP contribution in [0.15, 0.2) is 12.4 Å². The minimum absolute atomic E-state index is 0.215. The van der Waals surface area contributed by atoms with Crippen LogP contribution in [0.5, 0.6) is 0 Å². The summed E-state index contributed by atoms with van der Waals surface area (Å²) in [4.78, 5) is 32.5. The van der Waals surface area contributed by atoms with Gasteiger partial charge in [0.05, 0.1) is 18.9 Å². The van der Waals surface area contributed by atoms with Crippen LogP contribution in [0.25, 0.3) is 11.3 Å². The van der Waals surface area contributed by atoms with Crippen molar-refractivity contribution in [1.82, 2.24) is 19.9 Å². The number of aromatic nitrogens is 4. The summed E-state index contributed by atoms with van der Waals surface area (Å²) in [5, 5.41) is 0. The fourth-order valence-corrected chi connectivity index (χ4v) is 2.97. The lowest BCUT2D eigenvalue weighted by Crippen LogP contribution is -2.37. The normalized spacial score (nSPS) is 17.0. The third-order valence-corrected chi connectivity index (χ3v) is 4.21. The molecule has 2 N–H and O–H groups in total. The molecule has 1 fully saturated rings. The van der Waals surface area contributed by atoms with E-state index >= 15 is 0 Å². The number of carbonyl (C=O) groups excluding carboxylic acids is 1. The van der Waals surface area contributed by atoms with Crippen molar-refractivity contribution in [3.05, 3.63) is 18.0 Å². The fourth-order valence-electron chi connectivity index (χ4n) is 2.97. The average Bonchev–Trinajstić information content (AvgIpc) is 3.05. The quantitative estimate of drug-likeness (QED) is 0.776. The highest BCUT2D eigenvalue weighted by molar-refractivity contribution is 5.82. The van der Waals surface area contributed by atoms with E-state index in [2.05, 4.69) is 19.9 Å². The molecule has 2 aliphatic rings. The highest BCUT2D eigenvalue weighted by Gasteiger charge is 2.28. The molecule has 0 bridgehead atoms. The summed E-state index contributed by atoms with van der Waals surface area (Å²) in [5.41, 5.74) is 8.04. The van der Waals surface area contributed by atoms with Crippen molar-refractivity contribution in [2.75, 3.05) is 48.4 Å². The first-order chi connectivity index (χ1) is 11.8. The molecule has 0 radical (unpaired) electrons. The number of hydrogen-bond acceptors (Lipinski definition) is 8. The topological polar surface area (TPSA) is 110 Å². The summed E-state index contributed by atoms with van der Waals surface area (Å²) < 4.78 is 5.39. The molecule has 124 valence electrons. The van der Waals surface area contributed by atoms with Gasteiger partial charge in [0.25, 0.3) is 0 Å². The fraction of sp³-hybridized carbons (Fsp3) is 0.400. The molecule has 4 heterocycles. The summed E-state index contributed by atoms with van der Waals surface area (Å²) in [7, 11) is 0. The van der Waals surface area contributed by atoms with E-state index in [4.69, 9.17) is 15.5 Å². The predicted octanol–water partition coefficient (Wildman–Crippen LogP) is -0.129. The molecule has 24 heavy (non-hydrogen) atoms. The average molecular weight is 327 g/mol. The zero-order valence-corrected chi connectivity index (χ0v) is 13.1. The van der Waals surface area contributed by atoms with Crippen LogP contribution in [0.3, 0.4) is 0 Å². The molecule has 0 atom stereocenters. The standard InChI is InChI=1S/C15H17N7O2/c16-14-17-7-10(8-18-14)12-11-1-2-22(9-23)13(11)20-15(19-12)21-3-5-24-6-4-21/h7-9H,1-6H2,(H2,16,17,18). The Bertz CT molecular complexity index is 759.